The van der Waals surface area contributed by atoms with Crippen LogP contribution in [-0.2, 0) is 11.2 Å². The van der Waals surface area contributed by atoms with E-state index in [-0.39, 0.29) is 12.3 Å². The summed E-state index contributed by atoms with van der Waals surface area (Å²) >= 11 is 5.89. The van der Waals surface area contributed by atoms with Gasteiger partial charge in [-0.3, -0.25) is 10.1 Å². The number of carbonyl (C=O) groups is 2. The monoisotopic (exact) mass is 292 g/mol. The number of urea groups is 1. The number of imide groups is 1. The maximum Gasteiger partial charge on any atom is 0.322 e. The zero-order chi connectivity index (χ0) is 14.1. The van der Waals surface area contributed by atoms with Crippen LogP contribution in [-0.4, -0.2) is 28.1 Å². The molecule has 1 saturated heterocycles. The summed E-state index contributed by atoms with van der Waals surface area (Å²) in [6.45, 7) is 0. The smallest absolute Gasteiger partial charge is 0.322 e. The minimum Gasteiger partial charge on any atom is -0.339 e. The molecule has 2 heterocycles. The van der Waals surface area contributed by atoms with Crippen LogP contribution in [0.3, 0.4) is 0 Å². The summed E-state index contributed by atoms with van der Waals surface area (Å²) in [6, 6.07) is 5.82. The van der Waals surface area contributed by atoms with Crippen LogP contribution >= 0.6 is 11.6 Å². The van der Waals surface area contributed by atoms with Gasteiger partial charge in [-0.25, -0.2) is 4.79 Å². The number of hydrogen-bond acceptors (Lipinski definition) is 5. The Hall–Kier alpha value is -2.41. The van der Waals surface area contributed by atoms with Crippen molar-refractivity contribution >= 4 is 23.5 Å². The van der Waals surface area contributed by atoms with Crippen LogP contribution in [0.1, 0.15) is 5.89 Å². The second-order valence-corrected chi connectivity index (χ2v) is 4.68. The highest BCUT2D eigenvalue weighted by atomic mass is 35.5. The van der Waals surface area contributed by atoms with Crippen LogP contribution in [0.15, 0.2) is 28.8 Å². The van der Waals surface area contributed by atoms with E-state index in [4.69, 9.17) is 16.1 Å². The Morgan fingerprint density at radius 1 is 1.35 bits per heavy atom. The average molecular weight is 293 g/mol. The highest BCUT2D eigenvalue weighted by Crippen LogP contribution is 2.20. The molecule has 0 bridgehead atoms. The molecular formula is C12H9ClN4O3. The lowest BCUT2D eigenvalue weighted by Gasteiger charge is -2.01. The largest absolute Gasteiger partial charge is 0.339 e. The fourth-order valence-corrected chi connectivity index (χ4v) is 2.05. The van der Waals surface area contributed by atoms with Crippen molar-refractivity contribution < 1.29 is 14.1 Å². The molecule has 7 nitrogen and oxygen atoms in total. The summed E-state index contributed by atoms with van der Waals surface area (Å²) in [5.41, 5.74) is 0.715. The van der Waals surface area contributed by atoms with Crippen molar-refractivity contribution in [3.05, 3.63) is 35.2 Å². The van der Waals surface area contributed by atoms with Gasteiger partial charge in [0.15, 0.2) is 0 Å². The van der Waals surface area contributed by atoms with E-state index in [9.17, 15) is 9.59 Å². The molecule has 1 aromatic carbocycles. The Morgan fingerprint density at radius 3 is 2.90 bits per heavy atom. The van der Waals surface area contributed by atoms with Crippen LogP contribution in [0.5, 0.6) is 0 Å². The van der Waals surface area contributed by atoms with Gasteiger partial charge in [-0.2, -0.15) is 4.98 Å². The first kappa shape index (κ1) is 12.6. The van der Waals surface area contributed by atoms with E-state index in [1.54, 1.807) is 24.3 Å². The fourth-order valence-electron chi connectivity index (χ4n) is 1.86. The molecule has 1 atom stereocenters. The van der Waals surface area contributed by atoms with Crippen LogP contribution < -0.4 is 10.6 Å². The molecule has 2 N–H and O–H groups in total. The lowest BCUT2D eigenvalue weighted by atomic mass is 10.2. The first-order valence-corrected chi connectivity index (χ1v) is 6.19. The summed E-state index contributed by atoms with van der Waals surface area (Å²) in [7, 11) is 0. The van der Waals surface area contributed by atoms with Crippen LogP contribution in [0, 0.1) is 0 Å². The van der Waals surface area contributed by atoms with Crippen molar-refractivity contribution in [2.45, 2.75) is 12.5 Å². The van der Waals surface area contributed by atoms with Gasteiger partial charge < -0.3 is 9.84 Å². The Kier molecular flexibility index (Phi) is 3.11. The van der Waals surface area contributed by atoms with Gasteiger partial charge in [-0.1, -0.05) is 28.9 Å². The zero-order valence-corrected chi connectivity index (χ0v) is 10.8. The number of carbonyl (C=O) groups excluding carboxylic acids is 2. The Bertz CT molecular complexity index is 685. The molecule has 2 aromatic rings. The van der Waals surface area contributed by atoms with E-state index >= 15 is 0 Å². The number of nitrogens with zero attached hydrogens (tertiary/aromatic N) is 2. The van der Waals surface area contributed by atoms with Crippen molar-refractivity contribution in [3.63, 3.8) is 0 Å². The minimum absolute atomic E-state index is 0.144. The van der Waals surface area contributed by atoms with Crippen LogP contribution in [0.25, 0.3) is 11.4 Å². The molecular weight excluding hydrogens is 284 g/mol. The normalized spacial score (nSPS) is 17.9. The molecule has 1 fully saturated rings. The zero-order valence-electron chi connectivity index (χ0n) is 10.1. The fraction of sp³-hybridized carbons (Fsp3) is 0.167. The Balaban J connectivity index is 1.77. The molecule has 3 amide bonds. The van der Waals surface area contributed by atoms with E-state index in [1.807, 2.05) is 0 Å². The van der Waals surface area contributed by atoms with Gasteiger partial charge in [0.1, 0.15) is 6.04 Å². The minimum atomic E-state index is -0.685. The lowest BCUT2D eigenvalue weighted by Crippen LogP contribution is -2.31. The van der Waals surface area contributed by atoms with Gasteiger partial charge in [0.25, 0.3) is 5.91 Å². The summed E-state index contributed by atoms with van der Waals surface area (Å²) in [5.74, 6) is 0.243. The van der Waals surface area contributed by atoms with Crippen molar-refractivity contribution in [3.8, 4) is 11.4 Å². The highest BCUT2D eigenvalue weighted by molar-refractivity contribution is 6.30. The topological polar surface area (TPSA) is 97.1 Å². The average Bonchev–Trinajstić information content (AvgIpc) is 2.97. The molecule has 0 radical (unpaired) electrons. The van der Waals surface area contributed by atoms with E-state index < -0.39 is 18.0 Å². The quantitative estimate of drug-likeness (QED) is 0.827. The molecule has 0 unspecified atom stereocenters. The number of nitrogens with one attached hydrogen (secondary N) is 2. The van der Waals surface area contributed by atoms with E-state index in [0.717, 1.165) is 0 Å². The standard InChI is InChI=1S/C12H9ClN4O3/c13-7-3-1-2-6(4-7)10-15-9(20-17-10)5-8-11(18)16-12(19)14-8/h1-4,8H,5H2,(H2,14,16,18,19)/t8-/m0/s1. The first-order chi connectivity index (χ1) is 9.61. The number of hydrogen-bond donors (Lipinski definition) is 2. The van der Waals surface area contributed by atoms with Gasteiger partial charge in [-0.15, -0.1) is 0 Å². The molecule has 1 aliphatic heterocycles. The predicted molar refractivity (Wildman–Crippen MR) is 68.9 cm³/mol. The number of amides is 3. The van der Waals surface area contributed by atoms with Gasteiger partial charge >= 0.3 is 6.03 Å². The third-order valence-electron chi connectivity index (χ3n) is 2.79. The van der Waals surface area contributed by atoms with Crippen molar-refractivity contribution in [2.75, 3.05) is 0 Å². The Morgan fingerprint density at radius 2 is 2.20 bits per heavy atom. The second kappa shape index (κ2) is 4.93. The summed E-state index contributed by atoms with van der Waals surface area (Å²) < 4.78 is 5.07. The molecule has 1 aromatic heterocycles. The van der Waals surface area contributed by atoms with Crippen LogP contribution in [0.2, 0.25) is 5.02 Å². The number of rotatable bonds is 3. The van der Waals surface area contributed by atoms with Crippen molar-refractivity contribution in [1.29, 1.82) is 0 Å². The van der Waals surface area contributed by atoms with Gasteiger partial charge in [0.2, 0.25) is 11.7 Å². The van der Waals surface area contributed by atoms with Crippen LogP contribution in [0.4, 0.5) is 4.79 Å². The third-order valence-corrected chi connectivity index (χ3v) is 3.02. The number of halogens is 1. The summed E-state index contributed by atoms with van der Waals surface area (Å²) in [5, 5.41) is 8.99. The molecule has 8 heteroatoms. The SMILES string of the molecule is O=C1NC(=O)[C@H](Cc2nc(-c3cccc(Cl)c3)no2)N1. The summed E-state index contributed by atoms with van der Waals surface area (Å²) in [4.78, 5) is 26.6. The maximum absolute atomic E-state index is 11.4. The maximum atomic E-state index is 11.4. The second-order valence-electron chi connectivity index (χ2n) is 4.24. The molecule has 0 spiro atoms. The third kappa shape index (κ3) is 2.48. The highest BCUT2D eigenvalue weighted by Gasteiger charge is 2.31. The van der Waals surface area contributed by atoms with Gasteiger partial charge in [0, 0.05) is 10.6 Å². The summed E-state index contributed by atoms with van der Waals surface area (Å²) in [6.07, 6.45) is 0.144. The number of aromatic nitrogens is 2. The Labute approximate surface area is 118 Å². The first-order valence-electron chi connectivity index (χ1n) is 5.82. The van der Waals surface area contributed by atoms with Crippen molar-refractivity contribution in [1.82, 2.24) is 20.8 Å². The molecule has 1 aliphatic rings. The van der Waals surface area contributed by atoms with E-state index in [0.29, 0.717) is 16.4 Å². The van der Waals surface area contributed by atoms with Gasteiger partial charge in [-0.05, 0) is 12.1 Å². The number of benzene rings is 1. The van der Waals surface area contributed by atoms with Gasteiger partial charge in [0.05, 0.1) is 6.42 Å². The predicted octanol–water partition coefficient (Wildman–Crippen LogP) is 1.14. The molecule has 0 aliphatic carbocycles. The lowest BCUT2D eigenvalue weighted by molar-refractivity contribution is -0.120. The van der Waals surface area contributed by atoms with E-state index in [2.05, 4.69) is 20.8 Å². The van der Waals surface area contributed by atoms with Crippen molar-refractivity contribution in [2.24, 2.45) is 0 Å². The van der Waals surface area contributed by atoms with E-state index in [1.165, 1.54) is 0 Å². The molecule has 0 saturated carbocycles. The molecule has 3 rings (SSSR count). The molecule has 102 valence electrons. The molecule has 20 heavy (non-hydrogen) atoms.